The van der Waals surface area contributed by atoms with E-state index in [4.69, 9.17) is 10.3 Å². The Morgan fingerprint density at radius 3 is 2.79 bits per heavy atom. The molecule has 0 atom stereocenters. The molecule has 0 radical (unpaired) electrons. The predicted molar refractivity (Wildman–Crippen MR) is 70.9 cm³/mol. The van der Waals surface area contributed by atoms with E-state index in [-0.39, 0.29) is 10.7 Å². The standard InChI is InChI=1S/C9H13N5O3S2/c1-5-12-6(17-13-5)3-4-11-9-7(19(2,15)16)8(10)14-18-9/h11H,3-4H2,1-2H3,(H2,10,14). The van der Waals surface area contributed by atoms with Crippen molar-refractivity contribution >= 4 is 32.2 Å². The zero-order chi connectivity index (χ0) is 14.0. The molecule has 0 saturated carbocycles. The monoisotopic (exact) mass is 303 g/mol. The molecule has 8 nitrogen and oxygen atoms in total. The number of nitrogens with zero attached hydrogens (tertiary/aromatic N) is 3. The molecule has 0 bridgehead atoms. The van der Waals surface area contributed by atoms with E-state index >= 15 is 0 Å². The molecule has 0 spiro atoms. The predicted octanol–water partition coefficient (Wildman–Crippen LogP) is 0.475. The Kier molecular flexibility index (Phi) is 3.71. The van der Waals surface area contributed by atoms with E-state index in [1.165, 1.54) is 0 Å². The van der Waals surface area contributed by atoms with E-state index in [1.807, 2.05) is 0 Å². The van der Waals surface area contributed by atoms with Gasteiger partial charge in [-0.05, 0) is 18.5 Å². The molecule has 19 heavy (non-hydrogen) atoms. The van der Waals surface area contributed by atoms with Crippen LogP contribution in [0, 0.1) is 6.92 Å². The van der Waals surface area contributed by atoms with E-state index in [0.717, 1.165) is 17.8 Å². The highest BCUT2D eigenvalue weighted by Gasteiger charge is 2.21. The Bertz CT molecular complexity index is 676. The molecule has 0 fully saturated rings. The van der Waals surface area contributed by atoms with E-state index in [2.05, 4.69) is 19.8 Å². The van der Waals surface area contributed by atoms with Crippen LogP contribution >= 0.6 is 11.5 Å². The summed E-state index contributed by atoms with van der Waals surface area (Å²) in [5.74, 6) is 1.07. The van der Waals surface area contributed by atoms with Gasteiger partial charge in [-0.25, -0.2) is 8.42 Å². The fraction of sp³-hybridized carbons (Fsp3) is 0.444. The van der Waals surface area contributed by atoms with Crippen LogP contribution in [-0.2, 0) is 16.3 Å². The van der Waals surface area contributed by atoms with Crippen molar-refractivity contribution in [1.82, 2.24) is 14.5 Å². The van der Waals surface area contributed by atoms with Crippen LogP contribution in [0.2, 0.25) is 0 Å². The van der Waals surface area contributed by atoms with Gasteiger partial charge >= 0.3 is 0 Å². The molecular weight excluding hydrogens is 290 g/mol. The van der Waals surface area contributed by atoms with Crippen molar-refractivity contribution in [2.24, 2.45) is 0 Å². The number of nitrogens with two attached hydrogens (primary N) is 1. The van der Waals surface area contributed by atoms with Crippen LogP contribution in [0.15, 0.2) is 9.42 Å². The number of rotatable bonds is 5. The maximum atomic E-state index is 11.6. The molecule has 10 heteroatoms. The summed E-state index contributed by atoms with van der Waals surface area (Å²) in [6.45, 7) is 2.18. The smallest absolute Gasteiger partial charge is 0.228 e. The maximum Gasteiger partial charge on any atom is 0.228 e. The van der Waals surface area contributed by atoms with Crippen LogP contribution in [0.5, 0.6) is 0 Å². The minimum absolute atomic E-state index is 0.0173. The highest BCUT2D eigenvalue weighted by atomic mass is 32.2. The zero-order valence-electron chi connectivity index (χ0n) is 10.4. The fourth-order valence-electron chi connectivity index (χ4n) is 1.49. The molecule has 0 aliphatic rings. The molecule has 0 amide bonds. The van der Waals surface area contributed by atoms with Crippen molar-refractivity contribution in [3.05, 3.63) is 11.7 Å². The van der Waals surface area contributed by atoms with Crippen LogP contribution in [0.25, 0.3) is 0 Å². The summed E-state index contributed by atoms with van der Waals surface area (Å²) in [7, 11) is -3.40. The van der Waals surface area contributed by atoms with Gasteiger partial charge in [0, 0.05) is 19.2 Å². The van der Waals surface area contributed by atoms with Gasteiger partial charge < -0.3 is 15.6 Å². The van der Waals surface area contributed by atoms with Crippen LogP contribution in [0.3, 0.4) is 0 Å². The summed E-state index contributed by atoms with van der Waals surface area (Å²) in [6, 6.07) is 0. The van der Waals surface area contributed by atoms with Crippen molar-refractivity contribution in [1.29, 1.82) is 0 Å². The lowest BCUT2D eigenvalue weighted by Crippen LogP contribution is -2.08. The van der Waals surface area contributed by atoms with Gasteiger partial charge in [0.05, 0.1) is 0 Å². The molecule has 0 aliphatic heterocycles. The lowest BCUT2D eigenvalue weighted by Gasteiger charge is -2.03. The average molecular weight is 303 g/mol. The number of hydrogen-bond donors (Lipinski definition) is 2. The van der Waals surface area contributed by atoms with Gasteiger partial charge in [-0.15, -0.1) is 0 Å². The van der Waals surface area contributed by atoms with Crippen LogP contribution in [0.1, 0.15) is 11.7 Å². The number of aryl methyl sites for hydroxylation is 1. The molecule has 0 aromatic carbocycles. The summed E-state index contributed by atoms with van der Waals surface area (Å²) in [5, 5.41) is 7.06. The Hall–Kier alpha value is -1.68. The first-order valence-electron chi connectivity index (χ1n) is 5.36. The summed E-state index contributed by atoms with van der Waals surface area (Å²) in [6.07, 6.45) is 1.58. The molecule has 2 aromatic heterocycles. The number of aromatic nitrogens is 3. The van der Waals surface area contributed by atoms with Gasteiger partial charge in [-0.1, -0.05) is 5.16 Å². The highest BCUT2D eigenvalue weighted by molar-refractivity contribution is 7.91. The van der Waals surface area contributed by atoms with Crippen LogP contribution < -0.4 is 11.1 Å². The largest absolute Gasteiger partial charge is 0.382 e. The Morgan fingerprint density at radius 2 is 2.21 bits per heavy atom. The van der Waals surface area contributed by atoms with Crippen molar-refractivity contribution in [2.45, 2.75) is 18.2 Å². The normalized spacial score (nSPS) is 11.7. The van der Waals surface area contributed by atoms with Crippen molar-refractivity contribution in [3.8, 4) is 0 Å². The maximum absolute atomic E-state index is 11.6. The Morgan fingerprint density at radius 1 is 1.47 bits per heavy atom. The van der Waals surface area contributed by atoms with E-state index < -0.39 is 9.84 Å². The highest BCUT2D eigenvalue weighted by Crippen LogP contribution is 2.31. The number of sulfone groups is 1. The quantitative estimate of drug-likeness (QED) is 0.817. The van der Waals surface area contributed by atoms with E-state index in [9.17, 15) is 8.42 Å². The van der Waals surface area contributed by atoms with Crippen LogP contribution in [0.4, 0.5) is 10.8 Å². The Balaban J connectivity index is 2.04. The molecule has 0 aliphatic carbocycles. The van der Waals surface area contributed by atoms with Crippen molar-refractivity contribution in [3.63, 3.8) is 0 Å². The summed E-state index contributed by atoms with van der Waals surface area (Å²) < 4.78 is 31.9. The van der Waals surface area contributed by atoms with Gasteiger partial charge in [-0.3, -0.25) is 0 Å². The first-order chi connectivity index (χ1) is 8.88. The van der Waals surface area contributed by atoms with Crippen molar-refractivity contribution in [2.75, 3.05) is 23.9 Å². The number of anilines is 2. The van der Waals surface area contributed by atoms with Gasteiger partial charge in [0.25, 0.3) is 0 Å². The molecule has 2 rings (SSSR count). The van der Waals surface area contributed by atoms with E-state index in [1.54, 1.807) is 6.92 Å². The minimum Gasteiger partial charge on any atom is -0.382 e. The lowest BCUT2D eigenvalue weighted by molar-refractivity contribution is 0.377. The first kappa shape index (κ1) is 13.7. The second kappa shape index (κ2) is 5.13. The molecule has 0 saturated heterocycles. The van der Waals surface area contributed by atoms with Gasteiger partial charge in [0.15, 0.2) is 21.5 Å². The molecular formula is C9H13N5O3S2. The summed E-state index contributed by atoms with van der Waals surface area (Å²) in [4.78, 5) is 4.09. The third-order valence-electron chi connectivity index (χ3n) is 2.24. The topological polar surface area (TPSA) is 124 Å². The van der Waals surface area contributed by atoms with Crippen LogP contribution in [-0.4, -0.2) is 35.7 Å². The molecule has 0 unspecified atom stereocenters. The van der Waals surface area contributed by atoms with Crippen molar-refractivity contribution < 1.29 is 12.9 Å². The summed E-state index contributed by atoms with van der Waals surface area (Å²) in [5.41, 5.74) is 5.55. The van der Waals surface area contributed by atoms with Gasteiger partial charge in [0.2, 0.25) is 5.89 Å². The fourth-order valence-corrected chi connectivity index (χ4v) is 3.58. The number of nitrogen functional groups attached to an aromatic ring is 1. The van der Waals surface area contributed by atoms with Gasteiger partial charge in [0.1, 0.15) is 9.90 Å². The first-order valence-corrected chi connectivity index (χ1v) is 8.02. The van der Waals surface area contributed by atoms with Gasteiger partial charge in [-0.2, -0.15) is 9.36 Å². The average Bonchev–Trinajstić information content (AvgIpc) is 2.85. The molecule has 3 N–H and O–H groups in total. The third-order valence-corrected chi connectivity index (χ3v) is 4.34. The zero-order valence-corrected chi connectivity index (χ0v) is 12.0. The van der Waals surface area contributed by atoms with E-state index in [0.29, 0.717) is 29.7 Å². The molecule has 104 valence electrons. The third kappa shape index (κ3) is 3.20. The SMILES string of the molecule is Cc1noc(CCNc2snc(N)c2S(C)(=O)=O)n1. The molecule has 2 heterocycles. The second-order valence-electron chi connectivity index (χ2n) is 3.91. The Labute approximate surface area is 114 Å². The number of nitrogens with one attached hydrogen (secondary N) is 1. The lowest BCUT2D eigenvalue weighted by atomic mass is 10.4. The minimum atomic E-state index is -3.40. The summed E-state index contributed by atoms with van der Waals surface area (Å²) >= 11 is 1.01. The second-order valence-corrected chi connectivity index (χ2v) is 6.64. The number of hydrogen-bond acceptors (Lipinski definition) is 9. The molecule has 2 aromatic rings.